The second-order valence-electron chi connectivity index (χ2n) is 11.0. The summed E-state index contributed by atoms with van der Waals surface area (Å²) < 4.78 is 2.17. The molecule has 0 spiro atoms. The second kappa shape index (κ2) is 9.49. The van der Waals surface area contributed by atoms with E-state index in [1.807, 2.05) is 24.4 Å². The standard InChI is InChI=1S/C31H33N7/c1-36-13-15-37(16-14-36)20-21-17-25(18-21)31-35-28(29-30(32)33-11-12-38(29)31)24-8-7-23-9-10-26(34-27(23)19-24)22-5-3-2-4-6-22/h2-12,19,21,25H,13-18,20H2,1H3,(H2,32,33)/t21-,25+. The number of hydrogen-bond donors (Lipinski definition) is 1. The summed E-state index contributed by atoms with van der Waals surface area (Å²) in [5.74, 6) is 2.80. The number of likely N-dealkylation sites (N-methyl/N-ethyl adjacent to an activating group) is 1. The Balaban J connectivity index is 1.20. The van der Waals surface area contributed by atoms with Crippen LogP contribution in [-0.2, 0) is 0 Å². The van der Waals surface area contributed by atoms with E-state index in [1.165, 1.54) is 45.6 Å². The predicted molar refractivity (Wildman–Crippen MR) is 153 cm³/mol. The third-order valence-electron chi connectivity index (χ3n) is 8.36. The molecule has 7 heteroatoms. The lowest BCUT2D eigenvalue weighted by Crippen LogP contribution is -2.47. The van der Waals surface area contributed by atoms with Gasteiger partial charge in [0.1, 0.15) is 22.9 Å². The highest BCUT2D eigenvalue weighted by Gasteiger charge is 2.35. The van der Waals surface area contributed by atoms with Gasteiger partial charge in [0, 0.05) is 67.5 Å². The summed E-state index contributed by atoms with van der Waals surface area (Å²) in [5.41, 5.74) is 12.3. The summed E-state index contributed by atoms with van der Waals surface area (Å²) in [7, 11) is 2.21. The Hall–Kier alpha value is -3.81. The number of nitrogens with two attached hydrogens (primary N) is 1. The Morgan fingerprint density at radius 1 is 0.895 bits per heavy atom. The van der Waals surface area contributed by atoms with Crippen molar-refractivity contribution >= 4 is 22.2 Å². The number of nitrogen functional groups attached to an aromatic ring is 1. The monoisotopic (exact) mass is 503 g/mol. The number of fused-ring (bicyclic) bond motifs is 2. The van der Waals surface area contributed by atoms with Crippen LogP contribution in [0.1, 0.15) is 24.6 Å². The van der Waals surface area contributed by atoms with Crippen molar-refractivity contribution in [3.8, 4) is 22.5 Å². The molecule has 0 amide bonds. The van der Waals surface area contributed by atoms with Gasteiger partial charge in [-0.05, 0) is 37.9 Å². The molecule has 1 aliphatic carbocycles. The number of nitrogens with zero attached hydrogens (tertiary/aromatic N) is 6. The van der Waals surface area contributed by atoms with E-state index in [4.69, 9.17) is 15.7 Å². The maximum atomic E-state index is 6.44. The first-order chi connectivity index (χ1) is 18.6. The van der Waals surface area contributed by atoms with E-state index in [2.05, 4.69) is 68.7 Å². The molecule has 1 saturated carbocycles. The Morgan fingerprint density at radius 2 is 1.68 bits per heavy atom. The van der Waals surface area contributed by atoms with Crippen molar-refractivity contribution in [1.29, 1.82) is 0 Å². The van der Waals surface area contributed by atoms with Gasteiger partial charge in [-0.25, -0.2) is 15.0 Å². The maximum Gasteiger partial charge on any atom is 0.150 e. The van der Waals surface area contributed by atoms with Crippen LogP contribution in [0.25, 0.3) is 38.9 Å². The van der Waals surface area contributed by atoms with E-state index in [9.17, 15) is 0 Å². The molecule has 1 saturated heterocycles. The fourth-order valence-electron chi connectivity index (χ4n) is 6.10. The van der Waals surface area contributed by atoms with Crippen molar-refractivity contribution in [3.63, 3.8) is 0 Å². The van der Waals surface area contributed by atoms with Crippen molar-refractivity contribution in [3.05, 3.63) is 78.9 Å². The zero-order valence-corrected chi connectivity index (χ0v) is 21.8. The van der Waals surface area contributed by atoms with Gasteiger partial charge in [0.15, 0.2) is 0 Å². The lowest BCUT2D eigenvalue weighted by atomic mass is 9.74. The molecule has 2 fully saturated rings. The molecule has 2 aromatic carbocycles. The average molecular weight is 504 g/mol. The van der Waals surface area contributed by atoms with Crippen molar-refractivity contribution in [2.75, 3.05) is 45.5 Å². The Labute approximate surface area is 223 Å². The lowest BCUT2D eigenvalue weighted by Gasteiger charge is -2.40. The van der Waals surface area contributed by atoms with Crippen molar-refractivity contribution in [2.45, 2.75) is 18.8 Å². The zero-order chi connectivity index (χ0) is 25.6. The molecule has 3 aromatic heterocycles. The van der Waals surface area contributed by atoms with Crippen molar-refractivity contribution in [2.24, 2.45) is 5.92 Å². The number of rotatable bonds is 5. The van der Waals surface area contributed by atoms with Crippen LogP contribution >= 0.6 is 0 Å². The van der Waals surface area contributed by atoms with Gasteiger partial charge < -0.3 is 15.5 Å². The number of anilines is 1. The van der Waals surface area contributed by atoms with E-state index in [-0.39, 0.29) is 0 Å². The average Bonchev–Trinajstić information content (AvgIpc) is 3.32. The van der Waals surface area contributed by atoms with Crippen LogP contribution in [-0.4, -0.2) is 68.9 Å². The number of imidazole rings is 1. The van der Waals surface area contributed by atoms with Crippen LogP contribution in [0.4, 0.5) is 5.82 Å². The van der Waals surface area contributed by atoms with Gasteiger partial charge in [-0.2, -0.15) is 0 Å². The fraction of sp³-hybridized carbons (Fsp3) is 0.323. The molecule has 5 aromatic rings. The first-order valence-electron chi connectivity index (χ1n) is 13.6. The van der Waals surface area contributed by atoms with Gasteiger partial charge in [-0.1, -0.05) is 48.5 Å². The van der Waals surface area contributed by atoms with Crippen LogP contribution in [0.15, 0.2) is 73.1 Å². The van der Waals surface area contributed by atoms with Gasteiger partial charge in [0.25, 0.3) is 0 Å². The van der Waals surface area contributed by atoms with Gasteiger partial charge in [-0.15, -0.1) is 0 Å². The molecule has 2 aliphatic rings. The normalized spacial score (nSPS) is 20.7. The number of pyridine rings is 1. The van der Waals surface area contributed by atoms with Crippen LogP contribution in [0.2, 0.25) is 0 Å². The smallest absolute Gasteiger partial charge is 0.150 e. The Bertz CT molecular complexity index is 1600. The molecule has 4 heterocycles. The highest BCUT2D eigenvalue weighted by Crippen LogP contribution is 2.43. The molecule has 1 aliphatic heterocycles. The van der Waals surface area contributed by atoms with E-state index < -0.39 is 0 Å². The van der Waals surface area contributed by atoms with Gasteiger partial charge in [0.05, 0.1) is 11.2 Å². The molecule has 192 valence electrons. The summed E-state index contributed by atoms with van der Waals surface area (Å²) >= 11 is 0. The summed E-state index contributed by atoms with van der Waals surface area (Å²) in [6.07, 6.45) is 6.14. The SMILES string of the molecule is CN1CCN(C[C@H]2C[C@@H](c3nc(-c4ccc5ccc(-c6ccccc6)nc5c4)c4c(N)nccn43)C2)CC1. The minimum Gasteiger partial charge on any atom is -0.382 e. The molecule has 0 unspecified atom stereocenters. The molecule has 0 bridgehead atoms. The number of benzene rings is 2. The maximum absolute atomic E-state index is 6.44. The van der Waals surface area contributed by atoms with Crippen molar-refractivity contribution < 1.29 is 0 Å². The summed E-state index contributed by atoms with van der Waals surface area (Å²) in [4.78, 5) is 19.7. The van der Waals surface area contributed by atoms with Gasteiger partial charge in [-0.3, -0.25) is 4.40 Å². The second-order valence-corrected chi connectivity index (χ2v) is 11.0. The number of aromatic nitrogens is 4. The molecule has 2 N–H and O–H groups in total. The Kier molecular flexibility index (Phi) is 5.82. The molecule has 38 heavy (non-hydrogen) atoms. The zero-order valence-electron chi connectivity index (χ0n) is 21.8. The molecule has 7 nitrogen and oxygen atoms in total. The molecular formula is C31H33N7. The first-order valence-corrected chi connectivity index (χ1v) is 13.6. The molecule has 0 atom stereocenters. The van der Waals surface area contributed by atoms with Crippen LogP contribution < -0.4 is 5.73 Å². The first kappa shape index (κ1) is 23.3. The molecular weight excluding hydrogens is 470 g/mol. The lowest BCUT2D eigenvalue weighted by molar-refractivity contribution is 0.104. The largest absolute Gasteiger partial charge is 0.382 e. The van der Waals surface area contributed by atoms with E-state index in [1.54, 1.807) is 6.20 Å². The quantitative estimate of drug-likeness (QED) is 0.366. The van der Waals surface area contributed by atoms with Crippen LogP contribution in [0, 0.1) is 5.92 Å². The van der Waals surface area contributed by atoms with Gasteiger partial charge >= 0.3 is 0 Å². The summed E-state index contributed by atoms with van der Waals surface area (Å²) in [5, 5.41) is 1.11. The fourth-order valence-corrected chi connectivity index (χ4v) is 6.10. The van der Waals surface area contributed by atoms with Crippen LogP contribution in [0.3, 0.4) is 0 Å². The highest BCUT2D eigenvalue weighted by atomic mass is 15.2. The summed E-state index contributed by atoms with van der Waals surface area (Å²) in [6.45, 7) is 5.90. The third kappa shape index (κ3) is 4.22. The summed E-state index contributed by atoms with van der Waals surface area (Å²) in [6, 6.07) is 20.9. The van der Waals surface area contributed by atoms with E-state index in [0.717, 1.165) is 50.7 Å². The number of piperazine rings is 1. The van der Waals surface area contributed by atoms with Crippen LogP contribution in [0.5, 0.6) is 0 Å². The minimum atomic E-state index is 0.443. The molecule has 7 rings (SSSR count). The topological polar surface area (TPSA) is 75.6 Å². The predicted octanol–water partition coefficient (Wildman–Crippen LogP) is 4.93. The van der Waals surface area contributed by atoms with E-state index in [0.29, 0.717) is 11.7 Å². The highest BCUT2D eigenvalue weighted by molar-refractivity contribution is 5.91. The van der Waals surface area contributed by atoms with Crippen molar-refractivity contribution in [1.82, 2.24) is 29.2 Å². The van der Waals surface area contributed by atoms with E-state index >= 15 is 0 Å². The minimum absolute atomic E-state index is 0.443. The van der Waals surface area contributed by atoms with Gasteiger partial charge in [0.2, 0.25) is 0 Å². The number of hydrogen-bond acceptors (Lipinski definition) is 6. The molecule has 0 radical (unpaired) electrons. The third-order valence-corrected chi connectivity index (χ3v) is 8.36. The Morgan fingerprint density at radius 3 is 2.50 bits per heavy atom.